The Morgan fingerprint density at radius 2 is 2.19 bits per heavy atom. The van der Waals surface area contributed by atoms with Crippen LogP contribution >= 0.6 is 11.3 Å². The fraction of sp³-hybridized carbons (Fsp3) is 0.188. The van der Waals surface area contributed by atoms with Gasteiger partial charge in [-0.2, -0.15) is 5.26 Å². The van der Waals surface area contributed by atoms with E-state index in [1.54, 1.807) is 11.6 Å². The summed E-state index contributed by atoms with van der Waals surface area (Å²) >= 11 is 1.41. The second kappa shape index (κ2) is 7.36. The topological polar surface area (TPSA) is 65.8 Å². The highest BCUT2D eigenvalue weighted by molar-refractivity contribution is 7.10. The van der Waals surface area contributed by atoms with Crippen LogP contribution in [0.5, 0.6) is 0 Å². The quantitative estimate of drug-likeness (QED) is 0.681. The minimum atomic E-state index is -0.346. The molecule has 0 bridgehead atoms. The van der Waals surface area contributed by atoms with Gasteiger partial charge in [0, 0.05) is 6.54 Å². The van der Waals surface area contributed by atoms with Gasteiger partial charge in [0.05, 0.1) is 16.1 Å². The molecule has 0 aliphatic rings. The van der Waals surface area contributed by atoms with Crippen LogP contribution < -0.4 is 5.32 Å². The molecule has 106 valence electrons. The Morgan fingerprint density at radius 1 is 1.43 bits per heavy atom. The Hall–Kier alpha value is -2.45. The Morgan fingerprint density at radius 3 is 2.81 bits per heavy atom. The van der Waals surface area contributed by atoms with E-state index in [0.29, 0.717) is 6.54 Å². The number of benzene rings is 1. The molecule has 2 rings (SSSR count). The van der Waals surface area contributed by atoms with E-state index in [1.807, 2.05) is 43.3 Å². The maximum Gasteiger partial charge on any atom is 0.261 e. The highest BCUT2D eigenvalue weighted by Gasteiger charge is 2.10. The van der Waals surface area contributed by atoms with Crippen LogP contribution in [-0.4, -0.2) is 17.4 Å². The van der Waals surface area contributed by atoms with E-state index >= 15 is 0 Å². The summed E-state index contributed by atoms with van der Waals surface area (Å²) in [7, 11) is 0. The molecule has 4 nitrogen and oxygen atoms in total. The molecule has 0 saturated heterocycles. The summed E-state index contributed by atoms with van der Waals surface area (Å²) in [5.74, 6) is -0.346. The van der Waals surface area contributed by atoms with E-state index in [-0.39, 0.29) is 11.5 Å². The van der Waals surface area contributed by atoms with Crippen LogP contribution in [0.15, 0.2) is 41.4 Å². The van der Waals surface area contributed by atoms with Crippen LogP contribution in [0.25, 0.3) is 6.08 Å². The lowest BCUT2D eigenvalue weighted by Crippen LogP contribution is -2.26. The molecular weight excluding hydrogens is 282 g/mol. The number of carbonyl (C=O) groups excluding carboxylic acids is 1. The smallest absolute Gasteiger partial charge is 0.261 e. The van der Waals surface area contributed by atoms with Crippen molar-refractivity contribution in [2.45, 2.75) is 13.3 Å². The zero-order chi connectivity index (χ0) is 15.1. The molecule has 0 aliphatic carbocycles. The average molecular weight is 297 g/mol. The predicted octanol–water partition coefficient (Wildman–Crippen LogP) is 2.72. The van der Waals surface area contributed by atoms with Gasteiger partial charge in [-0.3, -0.25) is 4.79 Å². The number of nitrogens with one attached hydrogen (secondary N) is 1. The number of thiazole rings is 1. The van der Waals surface area contributed by atoms with Crippen molar-refractivity contribution in [3.05, 3.63) is 57.6 Å². The van der Waals surface area contributed by atoms with E-state index < -0.39 is 0 Å². The zero-order valence-electron chi connectivity index (χ0n) is 11.7. The van der Waals surface area contributed by atoms with Crippen molar-refractivity contribution >= 4 is 23.3 Å². The van der Waals surface area contributed by atoms with Gasteiger partial charge in [0.2, 0.25) is 0 Å². The fourth-order valence-electron chi connectivity index (χ4n) is 1.79. The maximum atomic E-state index is 12.0. The van der Waals surface area contributed by atoms with Crippen LogP contribution in [0.2, 0.25) is 0 Å². The molecule has 0 aliphatic heterocycles. The Bertz CT molecular complexity index is 683. The van der Waals surface area contributed by atoms with E-state index in [4.69, 9.17) is 5.26 Å². The van der Waals surface area contributed by atoms with Gasteiger partial charge in [-0.25, -0.2) is 4.98 Å². The Balaban J connectivity index is 1.94. The number of aromatic nitrogens is 1. The van der Waals surface area contributed by atoms with Crippen LogP contribution in [0.1, 0.15) is 16.1 Å². The molecule has 0 atom stereocenters. The first kappa shape index (κ1) is 14.9. The normalized spacial score (nSPS) is 11.0. The van der Waals surface area contributed by atoms with Gasteiger partial charge in [0.25, 0.3) is 5.91 Å². The molecule has 0 radical (unpaired) electrons. The number of rotatable bonds is 5. The van der Waals surface area contributed by atoms with Crippen molar-refractivity contribution in [1.82, 2.24) is 10.3 Å². The van der Waals surface area contributed by atoms with Gasteiger partial charge in [-0.05, 0) is 25.0 Å². The molecule has 0 unspecified atom stereocenters. The summed E-state index contributed by atoms with van der Waals surface area (Å²) < 4.78 is 0. The second-order valence-corrected chi connectivity index (χ2v) is 5.35. The van der Waals surface area contributed by atoms with Gasteiger partial charge in [0.1, 0.15) is 11.6 Å². The monoisotopic (exact) mass is 297 g/mol. The lowest BCUT2D eigenvalue weighted by atomic mass is 10.1. The minimum absolute atomic E-state index is 0.107. The van der Waals surface area contributed by atoms with E-state index in [9.17, 15) is 4.79 Å². The Labute approximate surface area is 127 Å². The largest absolute Gasteiger partial charge is 0.351 e. The number of hydrogen-bond acceptors (Lipinski definition) is 4. The molecule has 0 fully saturated rings. The average Bonchev–Trinajstić information content (AvgIpc) is 2.91. The molecule has 0 saturated carbocycles. The van der Waals surface area contributed by atoms with Gasteiger partial charge in [-0.1, -0.05) is 30.3 Å². The third-order valence-electron chi connectivity index (χ3n) is 2.97. The first-order chi connectivity index (χ1) is 10.2. The lowest BCUT2D eigenvalue weighted by Gasteiger charge is -2.04. The minimum Gasteiger partial charge on any atom is -0.351 e. The van der Waals surface area contributed by atoms with Crippen molar-refractivity contribution in [2.75, 3.05) is 6.54 Å². The third-order valence-corrected chi connectivity index (χ3v) is 3.84. The first-order valence-corrected chi connectivity index (χ1v) is 7.42. The standard InChI is InChI=1S/C16H15N3OS/c1-12-15(21-11-19-12)9-14(10-17)16(20)18-8-7-13-5-3-2-4-6-13/h2-6,9,11H,7-8H2,1H3,(H,18,20)/b14-9+. The van der Waals surface area contributed by atoms with Crippen molar-refractivity contribution < 1.29 is 4.79 Å². The van der Waals surface area contributed by atoms with Crippen molar-refractivity contribution in [3.63, 3.8) is 0 Å². The summed E-state index contributed by atoms with van der Waals surface area (Å²) in [6.45, 7) is 2.36. The summed E-state index contributed by atoms with van der Waals surface area (Å²) in [5, 5.41) is 11.9. The van der Waals surface area contributed by atoms with Crippen LogP contribution in [0, 0.1) is 18.3 Å². The summed E-state index contributed by atoms with van der Waals surface area (Å²) in [6, 6.07) is 11.8. The fourth-order valence-corrected chi connectivity index (χ4v) is 2.52. The van der Waals surface area contributed by atoms with Gasteiger partial charge in [0.15, 0.2) is 0 Å². The first-order valence-electron chi connectivity index (χ1n) is 6.54. The van der Waals surface area contributed by atoms with Crippen LogP contribution in [0.4, 0.5) is 0 Å². The molecule has 0 spiro atoms. The molecule has 5 heteroatoms. The second-order valence-electron chi connectivity index (χ2n) is 4.46. The highest BCUT2D eigenvalue weighted by Crippen LogP contribution is 2.16. The molecule has 1 heterocycles. The van der Waals surface area contributed by atoms with Crippen LogP contribution in [0.3, 0.4) is 0 Å². The van der Waals surface area contributed by atoms with Crippen LogP contribution in [-0.2, 0) is 11.2 Å². The molecule has 1 aromatic heterocycles. The van der Waals surface area contributed by atoms with Crippen molar-refractivity contribution in [2.24, 2.45) is 0 Å². The van der Waals surface area contributed by atoms with Gasteiger partial charge in [-0.15, -0.1) is 11.3 Å². The van der Waals surface area contributed by atoms with E-state index in [0.717, 1.165) is 22.6 Å². The van der Waals surface area contributed by atoms with Crippen molar-refractivity contribution in [3.8, 4) is 6.07 Å². The number of aryl methyl sites for hydroxylation is 1. The highest BCUT2D eigenvalue weighted by atomic mass is 32.1. The molecular formula is C16H15N3OS. The third kappa shape index (κ3) is 4.26. The molecule has 1 N–H and O–H groups in total. The maximum absolute atomic E-state index is 12.0. The molecule has 21 heavy (non-hydrogen) atoms. The zero-order valence-corrected chi connectivity index (χ0v) is 12.5. The van der Waals surface area contributed by atoms with Gasteiger partial charge >= 0.3 is 0 Å². The predicted molar refractivity (Wildman–Crippen MR) is 83.6 cm³/mol. The molecule has 1 aromatic carbocycles. The van der Waals surface area contributed by atoms with E-state index in [1.165, 1.54) is 11.3 Å². The summed E-state index contributed by atoms with van der Waals surface area (Å²) in [6.07, 6.45) is 2.33. The van der Waals surface area contributed by atoms with Crippen molar-refractivity contribution in [1.29, 1.82) is 5.26 Å². The SMILES string of the molecule is Cc1ncsc1/C=C(\C#N)C(=O)NCCc1ccccc1. The number of amides is 1. The molecule has 1 amide bonds. The van der Waals surface area contributed by atoms with E-state index in [2.05, 4.69) is 10.3 Å². The lowest BCUT2D eigenvalue weighted by molar-refractivity contribution is -0.117. The summed E-state index contributed by atoms with van der Waals surface area (Å²) in [5.41, 5.74) is 3.78. The Kier molecular flexibility index (Phi) is 5.24. The van der Waals surface area contributed by atoms with Gasteiger partial charge < -0.3 is 5.32 Å². The number of nitrogens with zero attached hydrogens (tertiary/aromatic N) is 2. The number of carbonyl (C=O) groups is 1. The molecule has 2 aromatic rings. The summed E-state index contributed by atoms with van der Waals surface area (Å²) in [4.78, 5) is 16.9. The number of hydrogen-bond donors (Lipinski definition) is 1. The number of nitriles is 1.